The first-order valence-electron chi connectivity index (χ1n) is 0.927. The summed E-state index contributed by atoms with van der Waals surface area (Å²) >= 11 is 0. The maximum atomic E-state index is 4.07. The fourth-order valence-electron chi connectivity index (χ4n) is 0.0215. The van der Waals surface area contributed by atoms with E-state index < -0.39 is 0 Å². The molecule has 0 aromatic rings. The van der Waals surface area contributed by atoms with Crippen LogP contribution in [-0.2, 0) is 8.90 Å². The Morgan fingerprint density at radius 2 is 2.25 bits per heavy atom. The first-order valence-corrected chi connectivity index (χ1v) is 4.88. The normalized spacial score (nSPS) is 25.8. The van der Waals surface area contributed by atoms with E-state index in [1.807, 2.05) is 10.8 Å². The molecule has 1 aliphatic rings. The summed E-state index contributed by atoms with van der Waals surface area (Å²) in [6, 6.07) is 0. The molecule has 1 fully saturated rings. The second kappa shape index (κ2) is 1.08. The minimum absolute atomic E-state index is 0.500. The van der Waals surface area contributed by atoms with Gasteiger partial charge in [-0.05, 0) is 0 Å². The van der Waals surface area contributed by atoms with Gasteiger partial charge < -0.3 is 0 Å². The Hall–Kier alpha value is 1.13. The second-order valence-electron chi connectivity index (χ2n) is 0.557. The standard InChI is InChI=1S/CH2PS2/c2-4-1-3-4/h1H2/q-1. The van der Waals surface area contributed by atoms with Gasteiger partial charge in [-0.2, -0.15) is 0 Å². The van der Waals surface area contributed by atoms with Crippen LogP contribution < -0.4 is 0 Å². The summed E-state index contributed by atoms with van der Waals surface area (Å²) in [4.78, 5) is 0. The zero-order chi connectivity index (χ0) is 2.99. The quantitative estimate of drug-likeness (QED) is 0.197. The van der Waals surface area contributed by atoms with Crippen LogP contribution in [0.25, 0.3) is 0 Å². The summed E-state index contributed by atoms with van der Waals surface area (Å²) < 4.78 is 0. The van der Waals surface area contributed by atoms with Gasteiger partial charge in [-0.1, -0.05) is 0 Å². The molecule has 3 heteroatoms. The van der Waals surface area contributed by atoms with Crippen LogP contribution in [-0.4, -0.2) is 5.08 Å². The van der Waals surface area contributed by atoms with Crippen molar-refractivity contribution in [2.75, 3.05) is 5.08 Å². The van der Waals surface area contributed by atoms with Crippen LogP contribution in [0.5, 0.6) is 0 Å². The number of rotatable bonds is 0. The molecule has 1 saturated heterocycles. The zero-order valence-electron chi connectivity index (χ0n) is 1.97. The molecular weight excluding hydrogens is 107 g/mol. The molecule has 0 unspecified atom stereocenters. The van der Waals surface area contributed by atoms with E-state index in [-0.39, 0.29) is 0 Å². The molecule has 1 aliphatic heterocycles. The van der Waals surface area contributed by atoms with Gasteiger partial charge in [0.15, 0.2) is 0 Å². The SMILES string of the molecule is P#[S-]1CS1. The van der Waals surface area contributed by atoms with E-state index in [2.05, 4.69) is 7.81 Å². The van der Waals surface area contributed by atoms with Crippen molar-refractivity contribution in [2.45, 2.75) is 0 Å². The predicted octanol–water partition coefficient (Wildman–Crippen LogP) is 1.55. The molecule has 0 atom stereocenters. The Kier molecular flexibility index (Phi) is 0.895. The molecule has 0 aromatic heterocycles. The second-order valence-corrected chi connectivity index (χ2v) is 6.36. The van der Waals surface area contributed by atoms with Gasteiger partial charge in [0.1, 0.15) is 0 Å². The summed E-state index contributed by atoms with van der Waals surface area (Å²) in [5.74, 6) is 0. The Morgan fingerprint density at radius 3 is 2.25 bits per heavy atom. The fraction of sp³-hybridized carbons (Fsp3) is 1.00. The topological polar surface area (TPSA) is 0 Å². The van der Waals surface area contributed by atoms with E-state index in [4.69, 9.17) is 0 Å². The van der Waals surface area contributed by atoms with Gasteiger partial charge in [-0.15, -0.1) is 0 Å². The molecule has 0 spiro atoms. The minimum atomic E-state index is 0.500. The molecule has 0 nitrogen and oxygen atoms in total. The molecular formula is CH2PS2-. The van der Waals surface area contributed by atoms with Gasteiger partial charge in [-0.25, -0.2) is 0 Å². The van der Waals surface area contributed by atoms with Crippen molar-refractivity contribution in [3.05, 3.63) is 0 Å². The summed E-state index contributed by atoms with van der Waals surface area (Å²) in [5, 5.41) is 1.29. The molecule has 0 N–H and O–H groups in total. The molecule has 1 heterocycles. The summed E-state index contributed by atoms with van der Waals surface area (Å²) in [5.41, 5.74) is 0. The van der Waals surface area contributed by atoms with Gasteiger partial charge in [-0.3, -0.25) is 0 Å². The summed E-state index contributed by atoms with van der Waals surface area (Å²) in [6.45, 7) is 0. The van der Waals surface area contributed by atoms with E-state index in [0.29, 0.717) is 8.90 Å². The first kappa shape index (κ1) is 3.32. The van der Waals surface area contributed by atoms with Crippen LogP contribution in [0.1, 0.15) is 0 Å². The van der Waals surface area contributed by atoms with Crippen molar-refractivity contribution in [3.63, 3.8) is 0 Å². The monoisotopic (exact) mass is 109 g/mol. The van der Waals surface area contributed by atoms with Crippen molar-refractivity contribution in [1.29, 1.82) is 0 Å². The third kappa shape index (κ3) is 0.833. The molecule has 1 rings (SSSR count). The molecule has 0 radical (unpaired) electrons. The molecule has 4 heavy (non-hydrogen) atoms. The Balaban J connectivity index is 2.79. The van der Waals surface area contributed by atoms with Crippen LogP contribution in [0, 0.1) is 0 Å². The number of hydrogen-bond acceptors (Lipinski definition) is 2. The fourth-order valence-corrected chi connectivity index (χ4v) is 1.74. The van der Waals surface area contributed by atoms with E-state index in [9.17, 15) is 0 Å². The third-order valence-corrected chi connectivity index (χ3v) is 3.91. The third-order valence-electron chi connectivity index (χ3n) is 0.223. The van der Waals surface area contributed by atoms with Gasteiger partial charge in [0, 0.05) is 0 Å². The van der Waals surface area contributed by atoms with Gasteiger partial charge in [0.05, 0.1) is 0 Å². The molecule has 0 aromatic carbocycles. The van der Waals surface area contributed by atoms with E-state index in [1.165, 1.54) is 5.08 Å². The van der Waals surface area contributed by atoms with Crippen LogP contribution in [0.3, 0.4) is 0 Å². The molecule has 0 saturated carbocycles. The Labute approximate surface area is 33.2 Å². The van der Waals surface area contributed by atoms with Crippen molar-refractivity contribution >= 4 is 27.5 Å². The van der Waals surface area contributed by atoms with Crippen molar-refractivity contribution in [3.8, 4) is 0 Å². The van der Waals surface area contributed by atoms with Crippen LogP contribution in [0.4, 0.5) is 0 Å². The zero-order valence-corrected chi connectivity index (χ0v) is 4.50. The van der Waals surface area contributed by atoms with Crippen molar-refractivity contribution in [2.24, 2.45) is 0 Å². The van der Waals surface area contributed by atoms with E-state index >= 15 is 0 Å². The van der Waals surface area contributed by atoms with Gasteiger partial charge >= 0.3 is 32.6 Å². The van der Waals surface area contributed by atoms with E-state index in [1.54, 1.807) is 0 Å². The molecule has 0 bridgehead atoms. The summed E-state index contributed by atoms with van der Waals surface area (Å²) in [6.07, 6.45) is 0. The number of hydrogen-bond donors (Lipinski definition) is 0. The van der Waals surface area contributed by atoms with Crippen LogP contribution in [0.2, 0.25) is 0 Å². The summed E-state index contributed by atoms with van der Waals surface area (Å²) in [7, 11) is 6.48. The van der Waals surface area contributed by atoms with Crippen molar-refractivity contribution < 1.29 is 0 Å². The Morgan fingerprint density at radius 1 is 2.00 bits per heavy atom. The Bertz CT molecular complexity index is 69.8. The molecule has 0 aliphatic carbocycles. The van der Waals surface area contributed by atoms with Gasteiger partial charge in [0.2, 0.25) is 0 Å². The van der Waals surface area contributed by atoms with Crippen LogP contribution >= 0.6 is 18.6 Å². The maximum absolute atomic E-state index is 4.07. The average Bonchev–Trinajstić information content (AvgIpc) is 1.75. The first-order chi connectivity index (χ1) is 1.89. The van der Waals surface area contributed by atoms with Gasteiger partial charge in [0.25, 0.3) is 0 Å². The molecule has 0 amide bonds. The van der Waals surface area contributed by atoms with Crippen molar-refractivity contribution in [1.82, 2.24) is 0 Å². The molecule has 24 valence electrons. The predicted molar refractivity (Wildman–Crippen MR) is 26.7 cm³/mol. The van der Waals surface area contributed by atoms with E-state index in [0.717, 1.165) is 0 Å². The van der Waals surface area contributed by atoms with Crippen LogP contribution in [0.15, 0.2) is 0 Å². The average molecular weight is 109 g/mol.